The highest BCUT2D eigenvalue weighted by atomic mass is 32.3. The molecule has 0 unspecified atom stereocenters. The zero-order valence-corrected chi connectivity index (χ0v) is 12.1. The first kappa shape index (κ1) is 15.5. The number of rotatable bonds is 3. The van der Waals surface area contributed by atoms with Gasteiger partial charge in [-0.2, -0.15) is 12.7 Å². The van der Waals surface area contributed by atoms with Gasteiger partial charge in [-0.3, -0.25) is 4.79 Å². The third-order valence-electron chi connectivity index (χ3n) is 3.43. The van der Waals surface area contributed by atoms with Crippen molar-refractivity contribution in [3.05, 3.63) is 29.8 Å². The van der Waals surface area contributed by atoms with Crippen LogP contribution in [0.25, 0.3) is 0 Å². The first-order chi connectivity index (χ1) is 9.90. The highest BCUT2D eigenvalue weighted by Crippen LogP contribution is 2.22. The molecule has 5 nitrogen and oxygen atoms in total. The second-order valence-electron chi connectivity index (χ2n) is 4.83. The number of piperidine rings is 1. The lowest BCUT2D eigenvalue weighted by Crippen LogP contribution is -2.39. The molecular weight excluding hydrogens is 295 g/mol. The number of amides is 1. The van der Waals surface area contributed by atoms with Gasteiger partial charge in [0.05, 0.1) is 0 Å². The minimum Gasteiger partial charge on any atom is -0.326 e. The summed E-state index contributed by atoms with van der Waals surface area (Å²) < 4.78 is 35.1. The predicted octanol–water partition coefficient (Wildman–Crippen LogP) is 1.53. The van der Waals surface area contributed by atoms with E-state index in [1.165, 1.54) is 0 Å². The van der Waals surface area contributed by atoms with Gasteiger partial charge < -0.3 is 5.32 Å². The smallest absolute Gasteiger partial charge is 0.326 e. The monoisotopic (exact) mass is 310 g/mol. The molecule has 1 N–H and O–H groups in total. The van der Waals surface area contributed by atoms with Gasteiger partial charge >= 0.3 is 10.4 Å². The summed E-state index contributed by atoms with van der Waals surface area (Å²) in [6.07, 6.45) is 5.88. The predicted molar refractivity (Wildman–Crippen MR) is 77.3 cm³/mol. The second-order valence-corrected chi connectivity index (χ2v) is 6.17. The topological polar surface area (TPSA) is 66.5 Å². The van der Waals surface area contributed by atoms with E-state index in [-0.39, 0.29) is 24.9 Å². The van der Waals surface area contributed by atoms with Crippen LogP contribution in [0.1, 0.15) is 18.4 Å². The molecule has 112 valence electrons. The number of hydrogen-bond acceptors (Lipinski definition) is 3. The van der Waals surface area contributed by atoms with E-state index in [0.29, 0.717) is 24.1 Å². The van der Waals surface area contributed by atoms with Crippen LogP contribution in [-0.4, -0.2) is 31.7 Å². The number of carbonyl (C=O) groups excluding carboxylic acids is 1. The van der Waals surface area contributed by atoms with Crippen molar-refractivity contribution in [3.8, 4) is 12.3 Å². The Morgan fingerprint density at radius 1 is 1.38 bits per heavy atom. The van der Waals surface area contributed by atoms with Gasteiger partial charge in [-0.05, 0) is 31.0 Å². The van der Waals surface area contributed by atoms with E-state index in [2.05, 4.69) is 11.2 Å². The van der Waals surface area contributed by atoms with Crippen LogP contribution in [0.15, 0.2) is 24.3 Å². The number of carbonyl (C=O) groups is 1. The fourth-order valence-electron chi connectivity index (χ4n) is 2.27. The molecule has 1 aliphatic rings. The van der Waals surface area contributed by atoms with E-state index in [4.69, 9.17) is 6.42 Å². The van der Waals surface area contributed by atoms with Gasteiger partial charge in [0.2, 0.25) is 5.91 Å². The minimum absolute atomic E-state index is 0.0152. The Bertz CT molecular complexity index is 674. The standard InChI is InChI=1S/C14H15FN2O3S/c1-2-11-4-3-5-13(10-11)16-14(18)12-6-8-17(9-7-12)21(15,19)20/h1,3-5,10,12H,6-9H2,(H,16,18). The van der Waals surface area contributed by atoms with Gasteiger partial charge in [0.1, 0.15) is 0 Å². The molecule has 0 spiro atoms. The lowest BCUT2D eigenvalue weighted by molar-refractivity contribution is -0.120. The molecule has 0 saturated carbocycles. The van der Waals surface area contributed by atoms with Gasteiger partial charge in [-0.1, -0.05) is 15.9 Å². The molecular formula is C14H15FN2O3S. The first-order valence-corrected chi connectivity index (χ1v) is 7.81. The molecule has 1 aliphatic heterocycles. The number of nitrogens with zero attached hydrogens (tertiary/aromatic N) is 1. The van der Waals surface area contributed by atoms with Crippen molar-refractivity contribution >= 4 is 22.0 Å². The molecule has 1 aromatic carbocycles. The summed E-state index contributed by atoms with van der Waals surface area (Å²) in [6.45, 7) is 0.0304. The van der Waals surface area contributed by atoms with Crippen LogP contribution in [0.5, 0.6) is 0 Å². The van der Waals surface area contributed by atoms with E-state index >= 15 is 0 Å². The Balaban J connectivity index is 1.95. The van der Waals surface area contributed by atoms with Crippen molar-refractivity contribution in [1.29, 1.82) is 0 Å². The van der Waals surface area contributed by atoms with Crippen molar-refractivity contribution in [3.63, 3.8) is 0 Å². The van der Waals surface area contributed by atoms with Crippen LogP contribution in [0, 0.1) is 18.3 Å². The van der Waals surface area contributed by atoms with Gasteiger partial charge in [0.15, 0.2) is 0 Å². The maximum Gasteiger partial charge on any atom is 0.374 e. The Hall–Kier alpha value is -1.91. The van der Waals surface area contributed by atoms with Crippen LogP contribution in [0.2, 0.25) is 0 Å². The van der Waals surface area contributed by atoms with E-state index in [1.807, 2.05) is 0 Å². The summed E-state index contributed by atoms with van der Waals surface area (Å²) in [5.41, 5.74) is 1.25. The molecule has 0 atom stereocenters. The summed E-state index contributed by atoms with van der Waals surface area (Å²) in [4.78, 5) is 12.1. The average Bonchev–Trinajstić information content (AvgIpc) is 2.46. The molecule has 1 heterocycles. The van der Waals surface area contributed by atoms with Gasteiger partial charge in [-0.25, -0.2) is 0 Å². The number of terminal acetylenes is 1. The van der Waals surface area contributed by atoms with Crippen LogP contribution < -0.4 is 5.32 Å². The van der Waals surface area contributed by atoms with Crippen LogP contribution >= 0.6 is 0 Å². The normalized spacial score (nSPS) is 17.1. The van der Waals surface area contributed by atoms with Crippen molar-refractivity contribution in [2.45, 2.75) is 12.8 Å². The zero-order chi connectivity index (χ0) is 15.5. The quantitative estimate of drug-likeness (QED) is 0.680. The molecule has 1 fully saturated rings. The van der Waals surface area contributed by atoms with Crippen molar-refractivity contribution in [2.75, 3.05) is 18.4 Å². The molecule has 7 heteroatoms. The van der Waals surface area contributed by atoms with Crippen LogP contribution in [-0.2, 0) is 15.2 Å². The number of halogens is 1. The summed E-state index contributed by atoms with van der Waals surface area (Å²) in [6, 6.07) is 6.89. The van der Waals surface area contributed by atoms with Crippen molar-refractivity contribution in [2.24, 2.45) is 5.92 Å². The van der Waals surface area contributed by atoms with Gasteiger partial charge in [-0.15, -0.1) is 6.42 Å². The number of nitrogens with one attached hydrogen (secondary N) is 1. The first-order valence-electron chi connectivity index (χ1n) is 6.47. The molecule has 0 bridgehead atoms. The molecule has 1 saturated heterocycles. The Morgan fingerprint density at radius 3 is 2.62 bits per heavy atom. The third kappa shape index (κ3) is 4.03. The maximum absolute atomic E-state index is 12.8. The Labute approximate surface area is 123 Å². The maximum atomic E-state index is 12.8. The highest BCUT2D eigenvalue weighted by Gasteiger charge is 2.30. The fraction of sp³-hybridized carbons (Fsp3) is 0.357. The number of benzene rings is 1. The lowest BCUT2D eigenvalue weighted by Gasteiger charge is -2.27. The molecule has 1 amide bonds. The molecule has 0 aliphatic carbocycles. The zero-order valence-electron chi connectivity index (χ0n) is 11.3. The average molecular weight is 310 g/mol. The highest BCUT2D eigenvalue weighted by molar-refractivity contribution is 7.83. The molecule has 1 aromatic rings. The lowest BCUT2D eigenvalue weighted by atomic mass is 9.97. The minimum atomic E-state index is -4.66. The van der Waals surface area contributed by atoms with E-state index in [0.717, 1.165) is 4.31 Å². The van der Waals surface area contributed by atoms with Crippen molar-refractivity contribution < 1.29 is 17.1 Å². The third-order valence-corrected chi connectivity index (χ3v) is 4.41. The number of anilines is 1. The summed E-state index contributed by atoms with van der Waals surface area (Å²) in [5, 5.41) is 2.74. The van der Waals surface area contributed by atoms with E-state index in [1.54, 1.807) is 24.3 Å². The Kier molecular flexibility index (Phi) is 4.60. The van der Waals surface area contributed by atoms with Crippen LogP contribution in [0.4, 0.5) is 9.57 Å². The van der Waals surface area contributed by atoms with E-state index < -0.39 is 10.4 Å². The van der Waals surface area contributed by atoms with Crippen LogP contribution in [0.3, 0.4) is 0 Å². The fourth-order valence-corrected chi connectivity index (χ4v) is 2.91. The van der Waals surface area contributed by atoms with Crippen molar-refractivity contribution in [1.82, 2.24) is 4.31 Å². The SMILES string of the molecule is C#Cc1cccc(NC(=O)C2CCN(S(=O)(=O)F)CC2)c1. The Morgan fingerprint density at radius 2 is 2.05 bits per heavy atom. The summed E-state index contributed by atoms with van der Waals surface area (Å²) in [7, 11) is -4.66. The number of hydrogen-bond donors (Lipinski definition) is 1. The second kappa shape index (κ2) is 6.24. The molecule has 21 heavy (non-hydrogen) atoms. The van der Waals surface area contributed by atoms with Gasteiger partial charge in [0, 0.05) is 30.3 Å². The largest absolute Gasteiger partial charge is 0.374 e. The summed E-state index contributed by atoms with van der Waals surface area (Å²) in [5.74, 6) is 1.93. The van der Waals surface area contributed by atoms with E-state index in [9.17, 15) is 17.1 Å². The summed E-state index contributed by atoms with van der Waals surface area (Å²) >= 11 is 0. The molecule has 2 rings (SSSR count). The molecule has 0 radical (unpaired) electrons. The molecule has 0 aromatic heterocycles. The van der Waals surface area contributed by atoms with Gasteiger partial charge in [0.25, 0.3) is 0 Å².